The van der Waals surface area contributed by atoms with E-state index >= 15 is 0 Å². The zero-order valence-electron chi connectivity index (χ0n) is 12.5. The Morgan fingerprint density at radius 2 is 2.10 bits per heavy atom. The normalized spacial score (nSPS) is 23.3. The number of aromatic nitrogens is 1. The molecule has 1 atom stereocenters. The maximum Gasteiger partial charge on any atom is 0.0388 e. The van der Waals surface area contributed by atoms with E-state index in [0.717, 1.165) is 5.92 Å². The van der Waals surface area contributed by atoms with Crippen LogP contribution in [0.3, 0.4) is 0 Å². The van der Waals surface area contributed by atoms with E-state index in [0.29, 0.717) is 6.04 Å². The first kappa shape index (κ1) is 13.1. The van der Waals surface area contributed by atoms with Gasteiger partial charge in [-0.25, -0.2) is 0 Å². The number of likely N-dealkylation sites (tertiary alicyclic amines) is 1. The third-order valence-electron chi connectivity index (χ3n) is 4.73. The molecule has 1 aromatic carbocycles. The predicted molar refractivity (Wildman–Crippen MR) is 87.6 cm³/mol. The van der Waals surface area contributed by atoms with Crippen LogP contribution in [0.4, 0.5) is 5.69 Å². The average molecular weight is 281 g/mol. The Morgan fingerprint density at radius 3 is 3.00 bits per heavy atom. The molecule has 0 amide bonds. The van der Waals surface area contributed by atoms with Crippen molar-refractivity contribution in [1.29, 1.82) is 0 Å². The van der Waals surface area contributed by atoms with Gasteiger partial charge in [0.25, 0.3) is 0 Å². The van der Waals surface area contributed by atoms with Crippen molar-refractivity contribution in [2.75, 3.05) is 25.0 Å². The maximum atomic E-state index is 4.17. The molecule has 3 nitrogen and oxygen atoms in total. The van der Waals surface area contributed by atoms with Crippen molar-refractivity contribution in [3.63, 3.8) is 0 Å². The molecule has 1 N–H and O–H groups in total. The molecule has 1 aliphatic carbocycles. The lowest BCUT2D eigenvalue weighted by Gasteiger charge is -2.33. The summed E-state index contributed by atoms with van der Waals surface area (Å²) >= 11 is 0. The molecule has 0 unspecified atom stereocenters. The van der Waals surface area contributed by atoms with Gasteiger partial charge < -0.3 is 10.2 Å². The van der Waals surface area contributed by atoms with E-state index in [2.05, 4.69) is 39.5 Å². The standard InChI is InChI=1S/C18H23N3/c1-2-18(13-21(9-1)12-14-3-4-14)20-17-6-5-16-11-19-8-7-15(16)10-17/h5-8,10-11,14,18,20H,1-4,9,12-13H2/t18-/m1/s1. The number of piperidine rings is 1. The first-order valence-electron chi connectivity index (χ1n) is 8.19. The van der Waals surface area contributed by atoms with E-state index < -0.39 is 0 Å². The summed E-state index contributed by atoms with van der Waals surface area (Å²) in [4.78, 5) is 6.83. The van der Waals surface area contributed by atoms with Crippen LogP contribution in [0.15, 0.2) is 36.7 Å². The number of nitrogens with one attached hydrogen (secondary N) is 1. The van der Waals surface area contributed by atoms with Gasteiger partial charge in [-0.1, -0.05) is 6.07 Å². The number of anilines is 1. The fourth-order valence-electron chi connectivity index (χ4n) is 3.41. The Morgan fingerprint density at radius 1 is 1.14 bits per heavy atom. The Labute approximate surface area is 126 Å². The van der Waals surface area contributed by atoms with E-state index in [1.165, 1.54) is 61.8 Å². The van der Waals surface area contributed by atoms with Gasteiger partial charge in [-0.2, -0.15) is 0 Å². The van der Waals surface area contributed by atoms with E-state index in [9.17, 15) is 0 Å². The lowest BCUT2D eigenvalue weighted by molar-refractivity contribution is 0.208. The van der Waals surface area contributed by atoms with Gasteiger partial charge in [0.2, 0.25) is 0 Å². The van der Waals surface area contributed by atoms with Crippen LogP contribution in [0.2, 0.25) is 0 Å². The summed E-state index contributed by atoms with van der Waals surface area (Å²) < 4.78 is 0. The molecule has 0 spiro atoms. The second-order valence-electron chi connectivity index (χ2n) is 6.62. The van der Waals surface area contributed by atoms with Crippen LogP contribution in [0, 0.1) is 5.92 Å². The third-order valence-corrected chi connectivity index (χ3v) is 4.73. The van der Waals surface area contributed by atoms with Crippen molar-refractivity contribution in [3.05, 3.63) is 36.7 Å². The largest absolute Gasteiger partial charge is 0.381 e. The highest BCUT2D eigenvalue weighted by atomic mass is 15.2. The molecule has 3 heteroatoms. The molecule has 0 radical (unpaired) electrons. The van der Waals surface area contributed by atoms with Gasteiger partial charge in [0.1, 0.15) is 0 Å². The lowest BCUT2D eigenvalue weighted by atomic mass is 10.0. The van der Waals surface area contributed by atoms with Gasteiger partial charge in [0.15, 0.2) is 0 Å². The monoisotopic (exact) mass is 281 g/mol. The molecule has 0 bridgehead atoms. The Kier molecular flexibility index (Phi) is 3.52. The average Bonchev–Trinajstić information content (AvgIpc) is 3.31. The smallest absolute Gasteiger partial charge is 0.0388 e. The van der Waals surface area contributed by atoms with Gasteiger partial charge in [-0.3, -0.25) is 4.98 Å². The number of nitrogens with zero attached hydrogens (tertiary/aromatic N) is 2. The maximum absolute atomic E-state index is 4.17. The van der Waals surface area contributed by atoms with Crippen molar-refractivity contribution in [1.82, 2.24) is 9.88 Å². The summed E-state index contributed by atoms with van der Waals surface area (Å²) in [6, 6.07) is 9.27. The zero-order chi connectivity index (χ0) is 14.1. The third kappa shape index (κ3) is 3.18. The minimum absolute atomic E-state index is 0.594. The Bertz CT molecular complexity index is 621. The van der Waals surface area contributed by atoms with E-state index in [-0.39, 0.29) is 0 Å². The van der Waals surface area contributed by atoms with Crippen molar-refractivity contribution in [2.45, 2.75) is 31.7 Å². The number of hydrogen-bond donors (Lipinski definition) is 1. The van der Waals surface area contributed by atoms with E-state index in [1.807, 2.05) is 12.4 Å². The van der Waals surface area contributed by atoms with Crippen LogP contribution in [0.1, 0.15) is 25.7 Å². The first-order chi connectivity index (χ1) is 10.4. The molecule has 1 aromatic heterocycles. The summed E-state index contributed by atoms with van der Waals surface area (Å²) in [5.74, 6) is 0.997. The molecular formula is C18H23N3. The van der Waals surface area contributed by atoms with Crippen LogP contribution >= 0.6 is 0 Å². The van der Waals surface area contributed by atoms with Gasteiger partial charge in [-0.15, -0.1) is 0 Å². The summed E-state index contributed by atoms with van der Waals surface area (Å²) in [6.07, 6.45) is 9.30. The number of benzene rings is 1. The predicted octanol–water partition coefficient (Wildman–Crippen LogP) is 3.52. The molecule has 2 aliphatic rings. The number of hydrogen-bond acceptors (Lipinski definition) is 3. The molecule has 2 fully saturated rings. The second kappa shape index (κ2) is 5.64. The van der Waals surface area contributed by atoms with E-state index in [1.54, 1.807) is 0 Å². The summed E-state index contributed by atoms with van der Waals surface area (Å²) in [5, 5.41) is 6.21. The van der Waals surface area contributed by atoms with Gasteiger partial charge >= 0.3 is 0 Å². The van der Waals surface area contributed by atoms with Crippen LogP contribution in [-0.2, 0) is 0 Å². The molecular weight excluding hydrogens is 258 g/mol. The minimum atomic E-state index is 0.594. The highest BCUT2D eigenvalue weighted by Gasteiger charge is 2.27. The Hall–Kier alpha value is -1.61. The van der Waals surface area contributed by atoms with Crippen molar-refractivity contribution >= 4 is 16.5 Å². The van der Waals surface area contributed by atoms with Gasteiger partial charge in [-0.05, 0) is 61.7 Å². The Balaban J connectivity index is 1.43. The molecule has 1 saturated carbocycles. The van der Waals surface area contributed by atoms with Crippen molar-refractivity contribution in [3.8, 4) is 0 Å². The highest BCUT2D eigenvalue weighted by molar-refractivity contribution is 5.84. The molecule has 2 aromatic rings. The summed E-state index contributed by atoms with van der Waals surface area (Å²) in [7, 11) is 0. The van der Waals surface area contributed by atoms with Gasteiger partial charge in [0.05, 0.1) is 0 Å². The van der Waals surface area contributed by atoms with Crippen LogP contribution in [0.25, 0.3) is 10.8 Å². The first-order valence-corrected chi connectivity index (χ1v) is 8.19. The second-order valence-corrected chi connectivity index (χ2v) is 6.62. The number of fused-ring (bicyclic) bond motifs is 1. The molecule has 1 saturated heterocycles. The number of pyridine rings is 1. The SMILES string of the molecule is c1cc2cc(N[C@@H]3CCCN(CC4CC4)C3)ccc2cn1. The van der Waals surface area contributed by atoms with Crippen LogP contribution in [-0.4, -0.2) is 35.6 Å². The molecule has 1 aliphatic heterocycles. The van der Waals surface area contributed by atoms with Crippen LogP contribution < -0.4 is 5.32 Å². The quantitative estimate of drug-likeness (QED) is 0.929. The molecule has 110 valence electrons. The molecule has 4 rings (SSSR count). The molecule has 2 heterocycles. The fourth-order valence-corrected chi connectivity index (χ4v) is 3.41. The summed E-state index contributed by atoms with van der Waals surface area (Å²) in [5.41, 5.74) is 1.24. The summed E-state index contributed by atoms with van der Waals surface area (Å²) in [6.45, 7) is 3.81. The van der Waals surface area contributed by atoms with Gasteiger partial charge in [0, 0.05) is 42.6 Å². The zero-order valence-corrected chi connectivity index (χ0v) is 12.5. The lowest BCUT2D eigenvalue weighted by Crippen LogP contribution is -2.42. The highest BCUT2D eigenvalue weighted by Crippen LogP contribution is 2.31. The van der Waals surface area contributed by atoms with Crippen molar-refractivity contribution < 1.29 is 0 Å². The topological polar surface area (TPSA) is 28.2 Å². The number of rotatable bonds is 4. The molecule has 21 heavy (non-hydrogen) atoms. The van der Waals surface area contributed by atoms with Crippen molar-refractivity contribution in [2.24, 2.45) is 5.92 Å². The van der Waals surface area contributed by atoms with Crippen LogP contribution in [0.5, 0.6) is 0 Å². The van der Waals surface area contributed by atoms with E-state index in [4.69, 9.17) is 0 Å². The fraction of sp³-hybridized carbons (Fsp3) is 0.500. The minimum Gasteiger partial charge on any atom is -0.381 e.